The summed E-state index contributed by atoms with van der Waals surface area (Å²) in [5, 5.41) is 1.49. The lowest BCUT2D eigenvalue weighted by Gasteiger charge is -2.19. The second kappa shape index (κ2) is 9.10. The fourth-order valence-electron chi connectivity index (χ4n) is 1.25. The second-order valence-electron chi connectivity index (χ2n) is 3.65. The molecule has 0 spiro atoms. The van der Waals surface area contributed by atoms with E-state index in [0.29, 0.717) is 12.2 Å². The van der Waals surface area contributed by atoms with Crippen LogP contribution in [0.3, 0.4) is 0 Å². The normalized spacial score (nSPS) is 10.8. The first kappa shape index (κ1) is 18.9. The Morgan fingerprint density at radius 3 is 2.36 bits per heavy atom. The van der Waals surface area contributed by atoms with Gasteiger partial charge < -0.3 is 9.92 Å². The molecule has 0 bridgehead atoms. The zero-order valence-electron chi connectivity index (χ0n) is 11.4. The summed E-state index contributed by atoms with van der Waals surface area (Å²) in [6.07, 6.45) is 0. The van der Waals surface area contributed by atoms with Gasteiger partial charge in [0.25, 0.3) is 0 Å². The molecule has 0 fully saturated rings. The van der Waals surface area contributed by atoms with Gasteiger partial charge in [0.2, 0.25) is 0 Å². The number of nitrogens with zero attached hydrogens (tertiary/aromatic N) is 1. The molecule has 0 aliphatic heterocycles. The lowest BCUT2D eigenvalue weighted by molar-refractivity contribution is 0.211. The van der Waals surface area contributed by atoms with Crippen molar-refractivity contribution in [3.8, 4) is 0 Å². The summed E-state index contributed by atoms with van der Waals surface area (Å²) in [7, 11) is 1.16. The van der Waals surface area contributed by atoms with Gasteiger partial charge in [-0.1, -0.05) is 6.58 Å². The topological polar surface area (TPSA) is 59.8 Å². The molecule has 0 saturated heterocycles. The van der Waals surface area contributed by atoms with Crippen LogP contribution in [-0.2, 0) is 8.47 Å². The molecule has 124 valence electrons. The smallest absolute Gasteiger partial charge is 0.188 e. The molecule has 1 aromatic carbocycles. The minimum atomic E-state index is -1.66. The third-order valence-corrected chi connectivity index (χ3v) is 3.26. The van der Waals surface area contributed by atoms with Gasteiger partial charge in [0.15, 0.2) is 23.3 Å². The third-order valence-electron chi connectivity index (χ3n) is 2.22. The Hall–Kier alpha value is -1.14. The average molecular weight is 359 g/mol. The number of halogens is 4. The van der Waals surface area contributed by atoms with Crippen LogP contribution in [0, 0.1) is 23.3 Å². The third kappa shape index (κ3) is 4.68. The highest BCUT2D eigenvalue weighted by molar-refractivity contribution is 7.97. The SMILES string of the molecule is C=CSOCCNOSN(C)c1c(F)c(F)c(N)c(F)c1F. The number of benzene rings is 1. The van der Waals surface area contributed by atoms with Crippen molar-refractivity contribution in [3.05, 3.63) is 35.3 Å². The highest BCUT2D eigenvalue weighted by atomic mass is 32.2. The van der Waals surface area contributed by atoms with Crippen molar-refractivity contribution >= 4 is 35.6 Å². The molecule has 0 aliphatic rings. The van der Waals surface area contributed by atoms with Crippen molar-refractivity contribution in [2.24, 2.45) is 0 Å². The first-order valence-corrected chi connectivity index (χ1v) is 7.22. The molecule has 0 atom stereocenters. The number of hydrogen-bond acceptors (Lipinski definition) is 7. The van der Waals surface area contributed by atoms with E-state index < -0.39 is 34.6 Å². The van der Waals surface area contributed by atoms with E-state index >= 15 is 0 Å². The van der Waals surface area contributed by atoms with Crippen LogP contribution in [0.5, 0.6) is 0 Å². The quantitative estimate of drug-likeness (QED) is 0.134. The highest BCUT2D eigenvalue weighted by Crippen LogP contribution is 2.34. The zero-order chi connectivity index (χ0) is 16.7. The first-order valence-electron chi connectivity index (χ1n) is 5.72. The molecule has 0 radical (unpaired) electrons. The van der Waals surface area contributed by atoms with Gasteiger partial charge in [-0.2, -0.15) is 5.48 Å². The number of anilines is 2. The van der Waals surface area contributed by atoms with E-state index in [9.17, 15) is 17.6 Å². The van der Waals surface area contributed by atoms with E-state index in [2.05, 4.69) is 12.1 Å². The average Bonchev–Trinajstić information content (AvgIpc) is 2.50. The maximum Gasteiger partial charge on any atom is 0.188 e. The molecular formula is C11H13F4N3O2S2. The van der Waals surface area contributed by atoms with E-state index in [4.69, 9.17) is 14.2 Å². The van der Waals surface area contributed by atoms with Crippen molar-refractivity contribution in [1.82, 2.24) is 5.48 Å². The van der Waals surface area contributed by atoms with E-state index in [1.54, 1.807) is 0 Å². The first-order chi connectivity index (χ1) is 10.4. The standard InChI is InChI=1S/C11H13F4N3O2S2/c1-3-21-19-5-4-17-20-22-18(2)11-8(14)6(12)10(16)7(13)9(11)15/h3,17H,1,4-5,16H2,2H3. The Bertz CT molecular complexity index is 508. The van der Waals surface area contributed by atoms with Crippen LogP contribution in [0.1, 0.15) is 0 Å². The lowest BCUT2D eigenvalue weighted by Crippen LogP contribution is -2.21. The molecule has 1 aromatic rings. The summed E-state index contributed by atoms with van der Waals surface area (Å²) in [6.45, 7) is 3.96. The molecule has 3 N–H and O–H groups in total. The van der Waals surface area contributed by atoms with E-state index in [0.717, 1.165) is 23.4 Å². The maximum atomic E-state index is 13.6. The fourth-order valence-corrected chi connectivity index (χ4v) is 2.01. The molecule has 0 aliphatic carbocycles. The second-order valence-corrected chi connectivity index (χ2v) is 5.28. The van der Waals surface area contributed by atoms with Gasteiger partial charge in [-0.3, -0.25) is 4.31 Å². The summed E-state index contributed by atoms with van der Waals surface area (Å²) < 4.78 is 64.5. The number of hydroxylamine groups is 1. The summed E-state index contributed by atoms with van der Waals surface area (Å²) >= 11 is 1.46. The van der Waals surface area contributed by atoms with E-state index in [1.165, 1.54) is 5.41 Å². The van der Waals surface area contributed by atoms with Crippen LogP contribution in [0.25, 0.3) is 0 Å². The van der Waals surface area contributed by atoms with Crippen LogP contribution in [0.4, 0.5) is 28.9 Å². The van der Waals surface area contributed by atoms with Crippen LogP contribution >= 0.6 is 24.3 Å². The maximum absolute atomic E-state index is 13.6. The van der Waals surface area contributed by atoms with Gasteiger partial charge in [-0.05, 0) is 5.41 Å². The van der Waals surface area contributed by atoms with Crippen molar-refractivity contribution in [2.75, 3.05) is 30.2 Å². The fraction of sp³-hybridized carbons (Fsp3) is 0.273. The van der Waals surface area contributed by atoms with Crippen LogP contribution in [-0.4, -0.2) is 20.2 Å². The van der Waals surface area contributed by atoms with Gasteiger partial charge in [-0.15, -0.1) is 0 Å². The number of nitrogens with two attached hydrogens (primary N) is 1. The lowest BCUT2D eigenvalue weighted by atomic mass is 10.2. The van der Waals surface area contributed by atoms with Crippen molar-refractivity contribution in [1.29, 1.82) is 0 Å². The zero-order valence-corrected chi connectivity index (χ0v) is 13.0. The predicted molar refractivity (Wildman–Crippen MR) is 79.5 cm³/mol. The van der Waals surface area contributed by atoms with E-state index in [-0.39, 0.29) is 13.2 Å². The van der Waals surface area contributed by atoms with Gasteiger partial charge >= 0.3 is 0 Å². The Morgan fingerprint density at radius 1 is 1.23 bits per heavy atom. The number of rotatable bonds is 9. The Labute approximate surface area is 133 Å². The molecule has 5 nitrogen and oxygen atoms in total. The molecule has 1 rings (SSSR count). The van der Waals surface area contributed by atoms with Crippen LogP contribution in [0.15, 0.2) is 12.0 Å². The summed E-state index contributed by atoms with van der Waals surface area (Å²) in [4.78, 5) is 0. The molecule has 22 heavy (non-hydrogen) atoms. The molecule has 0 saturated carbocycles. The van der Waals surface area contributed by atoms with Crippen LogP contribution < -0.4 is 15.5 Å². The molecule has 11 heteroatoms. The highest BCUT2D eigenvalue weighted by Gasteiger charge is 2.26. The number of nitrogens with one attached hydrogen (secondary N) is 1. The Morgan fingerprint density at radius 2 is 1.82 bits per heavy atom. The monoisotopic (exact) mass is 359 g/mol. The molecule has 0 amide bonds. The van der Waals surface area contributed by atoms with Gasteiger partial charge in [0.1, 0.15) is 23.6 Å². The van der Waals surface area contributed by atoms with Crippen LogP contribution in [0.2, 0.25) is 0 Å². The minimum Gasteiger partial charge on any atom is -0.394 e. The summed E-state index contributed by atoms with van der Waals surface area (Å²) in [5.41, 5.74) is 5.16. The number of hydrogen-bond donors (Lipinski definition) is 2. The largest absolute Gasteiger partial charge is 0.394 e. The van der Waals surface area contributed by atoms with Gasteiger partial charge in [-0.25, -0.2) is 21.8 Å². The molecule has 0 heterocycles. The summed E-state index contributed by atoms with van der Waals surface area (Å²) in [5.74, 6) is -6.55. The van der Waals surface area contributed by atoms with Crippen molar-refractivity contribution in [3.63, 3.8) is 0 Å². The van der Waals surface area contributed by atoms with Crippen molar-refractivity contribution < 1.29 is 26.0 Å². The predicted octanol–water partition coefficient (Wildman–Crippen LogP) is 3.15. The Kier molecular flexibility index (Phi) is 7.82. The van der Waals surface area contributed by atoms with Crippen molar-refractivity contribution in [2.45, 2.75) is 0 Å². The number of nitrogen functional groups attached to an aromatic ring is 1. The minimum absolute atomic E-state index is 0.261. The van der Waals surface area contributed by atoms with Gasteiger partial charge in [0, 0.05) is 25.6 Å². The molecule has 0 aromatic heterocycles. The van der Waals surface area contributed by atoms with E-state index in [1.807, 2.05) is 0 Å². The van der Waals surface area contributed by atoms with Gasteiger partial charge in [0.05, 0.1) is 6.61 Å². The molecule has 0 unspecified atom stereocenters. The Balaban J connectivity index is 2.59. The molecular weight excluding hydrogens is 346 g/mol. The summed E-state index contributed by atoms with van der Waals surface area (Å²) in [6, 6.07) is 0.